The predicted molar refractivity (Wildman–Crippen MR) is 140 cm³/mol. The van der Waals surface area contributed by atoms with Crippen molar-refractivity contribution < 1.29 is 24.2 Å². The lowest BCUT2D eigenvalue weighted by Gasteiger charge is -2.40. The quantitative estimate of drug-likeness (QED) is 0.618. The first-order valence-electron chi connectivity index (χ1n) is 13.2. The normalized spacial score (nSPS) is 32.7. The van der Waals surface area contributed by atoms with Crippen LogP contribution < -0.4 is 4.90 Å². The SMILES string of the molecule is CC[C@H](C)[C@H](CO)N1C(=O)[C@@H]2[C@@H]3C(=O)N(C)CC=C[C@@H]3O[C@@]23C=CCN(c2cc(C)ccc2C)C(=O)C13. The molecule has 0 saturated carbocycles. The number of benzene rings is 1. The lowest BCUT2D eigenvalue weighted by Crippen LogP contribution is -2.59. The van der Waals surface area contributed by atoms with Gasteiger partial charge in [0.05, 0.1) is 30.6 Å². The molecule has 8 heteroatoms. The molecule has 0 aromatic heterocycles. The van der Waals surface area contributed by atoms with Crippen molar-refractivity contribution in [3.63, 3.8) is 0 Å². The van der Waals surface area contributed by atoms with E-state index in [9.17, 15) is 19.5 Å². The minimum absolute atomic E-state index is 0.0535. The number of hydrogen-bond donors (Lipinski definition) is 1. The van der Waals surface area contributed by atoms with Crippen LogP contribution in [0.4, 0.5) is 5.69 Å². The molecule has 4 heterocycles. The van der Waals surface area contributed by atoms with Crippen LogP contribution in [0, 0.1) is 31.6 Å². The number of hydrogen-bond acceptors (Lipinski definition) is 5. The summed E-state index contributed by atoms with van der Waals surface area (Å²) in [6, 6.07) is 4.41. The maximum Gasteiger partial charge on any atom is 0.253 e. The van der Waals surface area contributed by atoms with Crippen molar-refractivity contribution in [3.05, 3.63) is 53.6 Å². The molecule has 4 aliphatic rings. The average Bonchev–Trinajstić information content (AvgIpc) is 3.20. The summed E-state index contributed by atoms with van der Waals surface area (Å²) in [5.41, 5.74) is 1.47. The molecule has 7 atom stereocenters. The third kappa shape index (κ3) is 3.76. The minimum Gasteiger partial charge on any atom is -0.394 e. The number of aryl methyl sites for hydroxylation is 2. The van der Waals surface area contributed by atoms with Crippen LogP contribution in [-0.4, -0.2) is 83.2 Å². The van der Waals surface area contributed by atoms with Crippen molar-refractivity contribution in [2.75, 3.05) is 31.6 Å². The number of aliphatic hydroxyl groups is 1. The number of fused-ring (bicyclic) bond motifs is 2. The molecule has 1 spiro atoms. The topological polar surface area (TPSA) is 90.4 Å². The van der Waals surface area contributed by atoms with Gasteiger partial charge in [0, 0.05) is 25.8 Å². The first-order chi connectivity index (χ1) is 17.7. The van der Waals surface area contributed by atoms with Gasteiger partial charge >= 0.3 is 0 Å². The molecule has 2 fully saturated rings. The van der Waals surface area contributed by atoms with Gasteiger partial charge in [-0.15, -0.1) is 0 Å². The second-order valence-corrected chi connectivity index (χ2v) is 11.0. The van der Waals surface area contributed by atoms with Crippen LogP contribution >= 0.6 is 0 Å². The van der Waals surface area contributed by atoms with Crippen molar-refractivity contribution >= 4 is 23.4 Å². The highest BCUT2D eigenvalue weighted by Crippen LogP contribution is 2.54. The van der Waals surface area contributed by atoms with Crippen molar-refractivity contribution in [3.8, 4) is 0 Å². The van der Waals surface area contributed by atoms with Gasteiger partial charge in [-0.05, 0) is 37.0 Å². The third-order valence-electron chi connectivity index (χ3n) is 8.80. The zero-order chi connectivity index (χ0) is 26.6. The van der Waals surface area contributed by atoms with Gasteiger partial charge in [0.15, 0.2) is 0 Å². The molecule has 4 aliphatic heterocycles. The van der Waals surface area contributed by atoms with Gasteiger partial charge in [-0.3, -0.25) is 14.4 Å². The highest BCUT2D eigenvalue weighted by Gasteiger charge is 2.72. The highest BCUT2D eigenvalue weighted by molar-refractivity contribution is 6.06. The van der Waals surface area contributed by atoms with E-state index < -0.39 is 35.6 Å². The molecule has 3 amide bonds. The van der Waals surface area contributed by atoms with E-state index in [1.54, 1.807) is 21.7 Å². The van der Waals surface area contributed by atoms with Crippen molar-refractivity contribution in [1.82, 2.24) is 9.80 Å². The number of likely N-dealkylation sites (N-methyl/N-ethyl adjacent to an activating group) is 1. The fourth-order valence-corrected chi connectivity index (χ4v) is 6.60. The molecule has 1 unspecified atom stereocenters. The number of carbonyl (C=O) groups is 3. The highest BCUT2D eigenvalue weighted by atomic mass is 16.5. The Kier molecular flexibility index (Phi) is 6.52. The fourth-order valence-electron chi connectivity index (χ4n) is 6.60. The second kappa shape index (κ2) is 9.40. The number of ether oxygens (including phenoxy) is 1. The maximum absolute atomic E-state index is 14.6. The van der Waals surface area contributed by atoms with Gasteiger partial charge < -0.3 is 24.5 Å². The van der Waals surface area contributed by atoms with Gasteiger partial charge in [0.2, 0.25) is 11.8 Å². The molecule has 1 N–H and O–H groups in total. The van der Waals surface area contributed by atoms with Crippen LogP contribution in [0.2, 0.25) is 0 Å². The molecule has 5 rings (SSSR count). The van der Waals surface area contributed by atoms with E-state index in [1.807, 2.05) is 70.2 Å². The van der Waals surface area contributed by atoms with E-state index in [0.29, 0.717) is 13.1 Å². The summed E-state index contributed by atoms with van der Waals surface area (Å²) < 4.78 is 6.66. The van der Waals surface area contributed by atoms with E-state index in [1.165, 1.54) is 0 Å². The number of aliphatic hydroxyl groups excluding tert-OH is 1. The summed E-state index contributed by atoms with van der Waals surface area (Å²) in [5, 5.41) is 10.5. The molecule has 8 nitrogen and oxygen atoms in total. The largest absolute Gasteiger partial charge is 0.394 e. The molecule has 1 aromatic carbocycles. The molecule has 2 saturated heterocycles. The molecule has 0 aliphatic carbocycles. The molecule has 0 bridgehead atoms. The Balaban J connectivity index is 1.69. The predicted octanol–water partition coefficient (Wildman–Crippen LogP) is 2.22. The lowest BCUT2D eigenvalue weighted by atomic mass is 9.77. The van der Waals surface area contributed by atoms with Gasteiger partial charge in [-0.1, -0.05) is 56.7 Å². The Labute approximate surface area is 218 Å². The Morgan fingerprint density at radius 3 is 2.57 bits per heavy atom. The molecular weight excluding hydrogens is 470 g/mol. The van der Waals surface area contributed by atoms with Crippen LogP contribution in [-0.2, 0) is 19.1 Å². The molecule has 0 radical (unpaired) electrons. The second-order valence-electron chi connectivity index (χ2n) is 11.0. The smallest absolute Gasteiger partial charge is 0.253 e. The van der Waals surface area contributed by atoms with Crippen LogP contribution in [0.25, 0.3) is 0 Å². The summed E-state index contributed by atoms with van der Waals surface area (Å²) in [5.74, 6) is -2.34. The van der Waals surface area contributed by atoms with E-state index in [0.717, 1.165) is 23.2 Å². The molecule has 1 aromatic rings. The maximum atomic E-state index is 14.6. The van der Waals surface area contributed by atoms with Crippen molar-refractivity contribution in [1.29, 1.82) is 0 Å². The van der Waals surface area contributed by atoms with Crippen molar-refractivity contribution in [2.45, 2.75) is 57.9 Å². The monoisotopic (exact) mass is 507 g/mol. The first kappa shape index (κ1) is 25.7. The lowest BCUT2D eigenvalue weighted by molar-refractivity contribution is -0.147. The molecular formula is C29H37N3O5. The Morgan fingerprint density at radius 1 is 1.11 bits per heavy atom. The van der Waals surface area contributed by atoms with Crippen LogP contribution in [0.3, 0.4) is 0 Å². The van der Waals surface area contributed by atoms with Gasteiger partial charge in [-0.25, -0.2) is 0 Å². The van der Waals surface area contributed by atoms with E-state index in [2.05, 4.69) is 0 Å². The zero-order valence-corrected chi connectivity index (χ0v) is 22.3. The first-order valence-corrected chi connectivity index (χ1v) is 13.2. The summed E-state index contributed by atoms with van der Waals surface area (Å²) >= 11 is 0. The Bertz CT molecular complexity index is 1180. The fraction of sp³-hybridized carbons (Fsp3) is 0.552. The van der Waals surface area contributed by atoms with Crippen molar-refractivity contribution in [2.24, 2.45) is 17.8 Å². The number of carbonyl (C=O) groups excluding carboxylic acids is 3. The minimum atomic E-state index is -1.30. The average molecular weight is 508 g/mol. The summed E-state index contributed by atoms with van der Waals surface area (Å²) in [7, 11) is 1.72. The van der Waals surface area contributed by atoms with Crippen LogP contribution in [0.15, 0.2) is 42.5 Å². The van der Waals surface area contributed by atoms with Crippen LogP contribution in [0.1, 0.15) is 31.4 Å². The van der Waals surface area contributed by atoms with Gasteiger partial charge in [-0.2, -0.15) is 0 Å². The number of rotatable bonds is 5. The zero-order valence-electron chi connectivity index (χ0n) is 22.3. The number of likely N-dealkylation sites (tertiary alicyclic amines) is 1. The van der Waals surface area contributed by atoms with Gasteiger partial charge in [0.25, 0.3) is 5.91 Å². The summed E-state index contributed by atoms with van der Waals surface area (Å²) in [4.78, 5) is 47.3. The number of anilines is 1. The third-order valence-corrected chi connectivity index (χ3v) is 8.80. The van der Waals surface area contributed by atoms with Crippen LogP contribution in [0.5, 0.6) is 0 Å². The van der Waals surface area contributed by atoms with Gasteiger partial charge in [0.1, 0.15) is 11.6 Å². The number of amides is 3. The van der Waals surface area contributed by atoms with E-state index >= 15 is 0 Å². The van der Waals surface area contributed by atoms with E-state index in [-0.39, 0.29) is 30.2 Å². The Hall–Kier alpha value is -2.97. The Morgan fingerprint density at radius 2 is 1.86 bits per heavy atom. The summed E-state index contributed by atoms with van der Waals surface area (Å²) in [6.45, 7) is 8.42. The number of nitrogens with zero attached hydrogens (tertiary/aromatic N) is 3. The van der Waals surface area contributed by atoms with E-state index in [4.69, 9.17) is 4.74 Å². The molecule has 198 valence electrons. The standard InChI is InChI=1S/C29H37N3O5/c1-6-18(3)21(16-33)32-25-28(36)31(20-15-17(2)10-11-19(20)4)14-8-12-29(25)24(27(32)35)23-22(37-29)9-7-13-30(5)26(23)34/h7-12,15,18,21-25,33H,6,13-14,16H2,1-5H3/t18-,21-,22-,23+,24-,25?,29-/m0/s1. The summed E-state index contributed by atoms with van der Waals surface area (Å²) in [6.07, 6.45) is 7.61. The molecule has 37 heavy (non-hydrogen) atoms.